The van der Waals surface area contributed by atoms with Crippen LogP contribution in [0.5, 0.6) is 0 Å². The predicted octanol–water partition coefficient (Wildman–Crippen LogP) is 1.60. The van der Waals surface area contributed by atoms with Gasteiger partial charge in [0.2, 0.25) is 16.0 Å². The number of nitrogens with zero attached hydrogens (tertiary/aromatic N) is 2. The molecule has 1 saturated heterocycles. The van der Waals surface area contributed by atoms with E-state index >= 15 is 0 Å². The van der Waals surface area contributed by atoms with E-state index in [1.807, 2.05) is 0 Å². The zero-order valence-corrected chi connectivity index (χ0v) is 14.1. The van der Waals surface area contributed by atoms with E-state index in [0.717, 1.165) is 37.4 Å². The van der Waals surface area contributed by atoms with E-state index in [2.05, 4.69) is 28.7 Å². The van der Waals surface area contributed by atoms with Crippen molar-refractivity contribution < 1.29 is 13.2 Å². The number of hydrogen-bond donors (Lipinski definition) is 2. The zero-order valence-electron chi connectivity index (χ0n) is 13.3. The lowest BCUT2D eigenvalue weighted by Gasteiger charge is -2.32. The van der Waals surface area contributed by atoms with Crippen LogP contribution in [-0.2, 0) is 14.8 Å². The highest BCUT2D eigenvalue weighted by Gasteiger charge is 2.22. The summed E-state index contributed by atoms with van der Waals surface area (Å²) >= 11 is 0. The average Bonchev–Trinajstić information content (AvgIpc) is 2.89. The van der Waals surface area contributed by atoms with E-state index in [0.29, 0.717) is 11.6 Å². The Morgan fingerprint density at radius 1 is 1.35 bits per heavy atom. The molecule has 1 aliphatic rings. The molecule has 0 amide bonds. The number of fused-ring (bicyclic) bond motifs is 1. The van der Waals surface area contributed by atoms with Gasteiger partial charge in [-0.15, -0.1) is 0 Å². The summed E-state index contributed by atoms with van der Waals surface area (Å²) in [6.45, 7) is 5.82. The number of nitrogens with one attached hydrogen (secondary N) is 1. The Hall–Kier alpha value is -1.64. The SMILES string of the molecule is CC(C)OC1CCN(c2nc3ccc(S(N)(=O)=O)cc3[nH]2)CC1. The first-order valence-electron chi connectivity index (χ1n) is 7.76. The third kappa shape index (κ3) is 3.65. The molecule has 8 heteroatoms. The summed E-state index contributed by atoms with van der Waals surface area (Å²) in [4.78, 5) is 9.98. The number of anilines is 1. The molecule has 1 aromatic carbocycles. The van der Waals surface area contributed by atoms with E-state index in [1.54, 1.807) is 6.07 Å². The number of H-pyrrole nitrogens is 1. The highest BCUT2D eigenvalue weighted by molar-refractivity contribution is 7.89. The molecular weight excluding hydrogens is 316 g/mol. The van der Waals surface area contributed by atoms with Crippen molar-refractivity contribution in [1.29, 1.82) is 0 Å². The van der Waals surface area contributed by atoms with Crippen LogP contribution in [0.4, 0.5) is 5.95 Å². The van der Waals surface area contributed by atoms with Crippen molar-refractivity contribution in [2.45, 2.75) is 43.8 Å². The van der Waals surface area contributed by atoms with Crippen LogP contribution in [0, 0.1) is 0 Å². The summed E-state index contributed by atoms with van der Waals surface area (Å²) in [7, 11) is -3.71. The molecule has 126 valence electrons. The fourth-order valence-corrected chi connectivity index (χ4v) is 3.43. The quantitative estimate of drug-likeness (QED) is 0.882. The number of primary sulfonamides is 1. The molecule has 3 N–H and O–H groups in total. The Kier molecular flexibility index (Phi) is 4.31. The Balaban J connectivity index is 1.77. The topological polar surface area (TPSA) is 101 Å². The molecule has 3 rings (SSSR count). The molecule has 0 aliphatic carbocycles. The number of sulfonamides is 1. The molecule has 1 aliphatic heterocycles. The second-order valence-electron chi connectivity index (χ2n) is 6.16. The van der Waals surface area contributed by atoms with E-state index in [9.17, 15) is 8.42 Å². The van der Waals surface area contributed by atoms with Gasteiger partial charge in [0.15, 0.2) is 0 Å². The number of aromatic nitrogens is 2. The Bertz CT molecular complexity index is 792. The maximum atomic E-state index is 11.4. The molecule has 0 radical (unpaired) electrons. The van der Waals surface area contributed by atoms with Gasteiger partial charge in [-0.25, -0.2) is 18.5 Å². The molecule has 0 unspecified atom stereocenters. The largest absolute Gasteiger partial charge is 0.375 e. The standard InChI is InChI=1S/C15H22N4O3S/c1-10(2)22-11-5-7-19(8-6-11)15-17-13-4-3-12(23(16,20)21)9-14(13)18-15/h3-4,9-11H,5-8H2,1-2H3,(H,17,18)(H2,16,20,21). The molecule has 2 heterocycles. The van der Waals surface area contributed by atoms with Crippen LogP contribution >= 0.6 is 0 Å². The van der Waals surface area contributed by atoms with Gasteiger partial charge in [-0.05, 0) is 44.9 Å². The summed E-state index contributed by atoms with van der Waals surface area (Å²) in [5, 5.41) is 5.17. The van der Waals surface area contributed by atoms with Gasteiger partial charge >= 0.3 is 0 Å². The summed E-state index contributed by atoms with van der Waals surface area (Å²) < 4.78 is 28.7. The second-order valence-corrected chi connectivity index (χ2v) is 7.72. The van der Waals surface area contributed by atoms with E-state index < -0.39 is 10.0 Å². The fraction of sp³-hybridized carbons (Fsp3) is 0.533. The normalized spacial score (nSPS) is 17.3. The van der Waals surface area contributed by atoms with Crippen LogP contribution in [0.25, 0.3) is 11.0 Å². The van der Waals surface area contributed by atoms with Gasteiger partial charge in [0, 0.05) is 13.1 Å². The Morgan fingerprint density at radius 3 is 2.65 bits per heavy atom. The third-order valence-corrected chi connectivity index (χ3v) is 4.89. The average molecular weight is 338 g/mol. The zero-order chi connectivity index (χ0) is 16.6. The minimum atomic E-state index is -3.71. The molecule has 0 spiro atoms. The highest BCUT2D eigenvalue weighted by atomic mass is 32.2. The first-order chi connectivity index (χ1) is 10.8. The number of aromatic amines is 1. The number of nitrogens with two attached hydrogens (primary N) is 1. The summed E-state index contributed by atoms with van der Waals surface area (Å²) in [5.74, 6) is 0.759. The van der Waals surface area contributed by atoms with Gasteiger partial charge in [0.25, 0.3) is 0 Å². The number of rotatable bonds is 4. The minimum Gasteiger partial charge on any atom is -0.375 e. The summed E-state index contributed by atoms with van der Waals surface area (Å²) in [6, 6.07) is 4.67. The van der Waals surface area contributed by atoms with Crippen molar-refractivity contribution in [3.05, 3.63) is 18.2 Å². The molecule has 1 aromatic heterocycles. The number of ether oxygens (including phenoxy) is 1. The van der Waals surface area contributed by atoms with Gasteiger partial charge in [-0.2, -0.15) is 0 Å². The van der Waals surface area contributed by atoms with Gasteiger partial charge < -0.3 is 14.6 Å². The van der Waals surface area contributed by atoms with Crippen LogP contribution < -0.4 is 10.0 Å². The van der Waals surface area contributed by atoms with Crippen molar-refractivity contribution >= 4 is 27.0 Å². The highest BCUT2D eigenvalue weighted by Crippen LogP contribution is 2.24. The lowest BCUT2D eigenvalue weighted by Crippen LogP contribution is -2.38. The summed E-state index contributed by atoms with van der Waals surface area (Å²) in [5.41, 5.74) is 1.40. The van der Waals surface area contributed by atoms with Crippen LogP contribution in [0.1, 0.15) is 26.7 Å². The van der Waals surface area contributed by atoms with Crippen LogP contribution in [0.15, 0.2) is 23.1 Å². The third-order valence-electron chi connectivity index (χ3n) is 3.98. The monoisotopic (exact) mass is 338 g/mol. The molecule has 23 heavy (non-hydrogen) atoms. The Labute approximate surface area is 135 Å². The predicted molar refractivity (Wildman–Crippen MR) is 88.9 cm³/mol. The van der Waals surface area contributed by atoms with Crippen LogP contribution in [0.2, 0.25) is 0 Å². The Morgan fingerprint density at radius 2 is 2.04 bits per heavy atom. The maximum absolute atomic E-state index is 11.4. The maximum Gasteiger partial charge on any atom is 0.238 e. The number of imidazole rings is 1. The number of benzene rings is 1. The number of hydrogen-bond acceptors (Lipinski definition) is 5. The van der Waals surface area contributed by atoms with Crippen molar-refractivity contribution in [3.8, 4) is 0 Å². The van der Waals surface area contributed by atoms with Crippen molar-refractivity contribution in [1.82, 2.24) is 9.97 Å². The van der Waals surface area contributed by atoms with Crippen LogP contribution in [-0.4, -0.2) is 43.7 Å². The first-order valence-corrected chi connectivity index (χ1v) is 9.30. The molecular formula is C15H22N4O3S. The fourth-order valence-electron chi connectivity index (χ4n) is 2.89. The van der Waals surface area contributed by atoms with Crippen molar-refractivity contribution in [3.63, 3.8) is 0 Å². The number of piperidine rings is 1. The van der Waals surface area contributed by atoms with Gasteiger partial charge in [0.05, 0.1) is 28.1 Å². The smallest absolute Gasteiger partial charge is 0.238 e. The molecule has 0 bridgehead atoms. The van der Waals surface area contributed by atoms with E-state index in [1.165, 1.54) is 12.1 Å². The van der Waals surface area contributed by atoms with Gasteiger partial charge in [0.1, 0.15) is 0 Å². The van der Waals surface area contributed by atoms with E-state index in [4.69, 9.17) is 9.88 Å². The molecule has 7 nitrogen and oxygen atoms in total. The van der Waals surface area contributed by atoms with Crippen LogP contribution in [0.3, 0.4) is 0 Å². The first kappa shape index (κ1) is 16.2. The molecule has 1 fully saturated rings. The van der Waals surface area contributed by atoms with Crippen molar-refractivity contribution in [2.24, 2.45) is 5.14 Å². The van der Waals surface area contributed by atoms with Crippen molar-refractivity contribution in [2.75, 3.05) is 18.0 Å². The lowest BCUT2D eigenvalue weighted by atomic mass is 10.1. The molecule has 0 atom stereocenters. The minimum absolute atomic E-state index is 0.0873. The van der Waals surface area contributed by atoms with E-state index in [-0.39, 0.29) is 11.0 Å². The lowest BCUT2D eigenvalue weighted by molar-refractivity contribution is -0.00489. The summed E-state index contributed by atoms with van der Waals surface area (Å²) in [6.07, 6.45) is 2.45. The van der Waals surface area contributed by atoms with Gasteiger partial charge in [-0.1, -0.05) is 0 Å². The molecule has 2 aromatic rings. The molecule has 0 saturated carbocycles. The van der Waals surface area contributed by atoms with Gasteiger partial charge in [-0.3, -0.25) is 0 Å². The second kappa shape index (κ2) is 6.10.